The van der Waals surface area contributed by atoms with Crippen LogP contribution >= 0.6 is 0 Å². The molecule has 2 rings (SSSR count). The van der Waals surface area contributed by atoms with Crippen LogP contribution in [-0.4, -0.2) is 5.11 Å². The molecule has 88 valence electrons. The number of hydrogen-bond acceptors (Lipinski definition) is 3. The minimum absolute atomic E-state index is 0.00708. The molecule has 1 aromatic carbocycles. The van der Waals surface area contributed by atoms with Crippen molar-refractivity contribution in [3.8, 4) is 5.75 Å². The van der Waals surface area contributed by atoms with Crippen LogP contribution in [0, 0.1) is 6.92 Å². The maximum Gasteiger partial charge on any atom is 0.343 e. The fraction of sp³-hybridized carbons (Fsp3) is 0.214. The predicted octanol–water partition coefficient (Wildman–Crippen LogP) is 3.10. The molecule has 0 aliphatic carbocycles. The summed E-state index contributed by atoms with van der Waals surface area (Å²) >= 11 is 0. The van der Waals surface area contributed by atoms with Crippen LogP contribution in [0.25, 0.3) is 11.0 Å². The average Bonchev–Trinajstić information content (AvgIpc) is 2.30. The van der Waals surface area contributed by atoms with Crippen LogP contribution < -0.4 is 5.63 Å². The van der Waals surface area contributed by atoms with E-state index in [0.29, 0.717) is 11.0 Å². The van der Waals surface area contributed by atoms with Gasteiger partial charge in [-0.2, -0.15) is 0 Å². The first-order chi connectivity index (χ1) is 8.04. The fourth-order valence-corrected chi connectivity index (χ4v) is 1.83. The Morgan fingerprint density at radius 3 is 2.82 bits per heavy atom. The number of rotatable bonds is 2. The molecule has 0 aliphatic heterocycles. The highest BCUT2D eigenvalue weighted by Gasteiger charge is 2.17. The molecular formula is C14H14O3. The van der Waals surface area contributed by atoms with Crippen LogP contribution in [0.15, 0.2) is 40.1 Å². The van der Waals surface area contributed by atoms with E-state index in [9.17, 15) is 9.90 Å². The van der Waals surface area contributed by atoms with E-state index in [1.165, 1.54) is 0 Å². The van der Waals surface area contributed by atoms with Gasteiger partial charge in [-0.3, -0.25) is 0 Å². The van der Waals surface area contributed by atoms with E-state index in [1.807, 2.05) is 13.0 Å². The minimum Gasteiger partial charge on any atom is -0.507 e. The molecule has 1 aromatic heterocycles. The lowest BCUT2D eigenvalue weighted by Gasteiger charge is -2.09. The predicted molar refractivity (Wildman–Crippen MR) is 67.5 cm³/mol. The van der Waals surface area contributed by atoms with E-state index in [0.717, 1.165) is 5.56 Å². The molecule has 1 atom stereocenters. The zero-order valence-corrected chi connectivity index (χ0v) is 9.86. The molecule has 17 heavy (non-hydrogen) atoms. The summed E-state index contributed by atoms with van der Waals surface area (Å²) < 4.78 is 5.19. The Bertz CT molecular complexity index is 638. The lowest BCUT2D eigenvalue weighted by atomic mass is 10.00. The lowest BCUT2D eigenvalue weighted by Crippen LogP contribution is -2.09. The second kappa shape index (κ2) is 4.09. The summed E-state index contributed by atoms with van der Waals surface area (Å²) in [5.74, 6) is -0.247. The topological polar surface area (TPSA) is 50.4 Å². The van der Waals surface area contributed by atoms with Crippen molar-refractivity contribution in [1.82, 2.24) is 0 Å². The Balaban J connectivity index is 2.87. The Hall–Kier alpha value is -2.03. The number of benzene rings is 1. The lowest BCUT2D eigenvalue weighted by molar-refractivity contribution is 0.454. The zero-order chi connectivity index (χ0) is 12.6. The summed E-state index contributed by atoms with van der Waals surface area (Å²) in [5, 5.41) is 10.7. The van der Waals surface area contributed by atoms with E-state index in [-0.39, 0.29) is 17.2 Å². The molecule has 3 heteroatoms. The van der Waals surface area contributed by atoms with E-state index in [1.54, 1.807) is 25.1 Å². The molecule has 0 spiro atoms. The summed E-state index contributed by atoms with van der Waals surface area (Å²) in [6.45, 7) is 7.33. The van der Waals surface area contributed by atoms with Gasteiger partial charge in [0, 0.05) is 5.92 Å². The second-order valence-electron chi connectivity index (χ2n) is 4.18. The third-order valence-corrected chi connectivity index (χ3v) is 2.88. The van der Waals surface area contributed by atoms with Gasteiger partial charge in [-0.1, -0.05) is 24.6 Å². The van der Waals surface area contributed by atoms with Crippen molar-refractivity contribution in [2.45, 2.75) is 19.8 Å². The largest absolute Gasteiger partial charge is 0.507 e. The second-order valence-corrected chi connectivity index (χ2v) is 4.18. The van der Waals surface area contributed by atoms with E-state index in [2.05, 4.69) is 6.58 Å². The summed E-state index contributed by atoms with van der Waals surface area (Å²) in [4.78, 5) is 11.8. The molecule has 0 saturated heterocycles. The van der Waals surface area contributed by atoms with E-state index < -0.39 is 5.63 Å². The van der Waals surface area contributed by atoms with E-state index in [4.69, 9.17) is 4.42 Å². The van der Waals surface area contributed by atoms with Gasteiger partial charge in [0.05, 0.1) is 10.9 Å². The number of hydrogen-bond donors (Lipinski definition) is 1. The van der Waals surface area contributed by atoms with Gasteiger partial charge >= 0.3 is 5.63 Å². The number of aryl methyl sites for hydroxylation is 1. The average molecular weight is 230 g/mol. The van der Waals surface area contributed by atoms with Crippen LogP contribution in [0.4, 0.5) is 0 Å². The van der Waals surface area contributed by atoms with Crippen molar-refractivity contribution >= 4 is 11.0 Å². The van der Waals surface area contributed by atoms with Crippen LogP contribution in [-0.2, 0) is 0 Å². The number of fused-ring (bicyclic) bond motifs is 1. The van der Waals surface area contributed by atoms with E-state index >= 15 is 0 Å². The van der Waals surface area contributed by atoms with Gasteiger partial charge < -0.3 is 9.52 Å². The molecular weight excluding hydrogens is 216 g/mol. The van der Waals surface area contributed by atoms with Gasteiger partial charge in [0.25, 0.3) is 0 Å². The third-order valence-electron chi connectivity index (χ3n) is 2.88. The van der Waals surface area contributed by atoms with Gasteiger partial charge in [0.1, 0.15) is 11.3 Å². The van der Waals surface area contributed by atoms with Crippen LogP contribution in [0.3, 0.4) is 0 Å². The van der Waals surface area contributed by atoms with Crippen molar-refractivity contribution in [3.05, 3.63) is 52.4 Å². The molecule has 1 unspecified atom stereocenters. The molecule has 0 bridgehead atoms. The van der Waals surface area contributed by atoms with Crippen molar-refractivity contribution in [2.24, 2.45) is 0 Å². The van der Waals surface area contributed by atoms with Crippen molar-refractivity contribution in [2.75, 3.05) is 0 Å². The highest BCUT2D eigenvalue weighted by atomic mass is 16.4. The van der Waals surface area contributed by atoms with Gasteiger partial charge in [-0.05, 0) is 19.1 Å². The molecule has 0 radical (unpaired) electrons. The van der Waals surface area contributed by atoms with Crippen molar-refractivity contribution in [3.63, 3.8) is 0 Å². The Kier molecular flexibility index (Phi) is 2.76. The first kappa shape index (κ1) is 11.5. The summed E-state index contributed by atoms with van der Waals surface area (Å²) in [6.07, 6.45) is 1.60. The zero-order valence-electron chi connectivity index (χ0n) is 9.86. The first-order valence-corrected chi connectivity index (χ1v) is 5.43. The van der Waals surface area contributed by atoms with Crippen LogP contribution in [0.1, 0.15) is 24.0 Å². The number of aromatic hydroxyl groups is 1. The number of allylic oxidation sites excluding steroid dienone is 1. The molecule has 1 N–H and O–H groups in total. The Morgan fingerprint density at radius 2 is 2.18 bits per heavy atom. The van der Waals surface area contributed by atoms with Gasteiger partial charge in [-0.15, -0.1) is 6.58 Å². The summed E-state index contributed by atoms with van der Waals surface area (Å²) in [6, 6.07) is 5.32. The highest BCUT2D eigenvalue weighted by molar-refractivity contribution is 5.84. The molecule has 0 amide bonds. The quantitative estimate of drug-likeness (QED) is 0.637. The fourth-order valence-electron chi connectivity index (χ4n) is 1.83. The van der Waals surface area contributed by atoms with Crippen LogP contribution in [0.5, 0.6) is 5.75 Å². The summed E-state index contributed by atoms with van der Waals surface area (Å²) in [5.41, 5.74) is 1.15. The smallest absolute Gasteiger partial charge is 0.343 e. The maximum absolute atomic E-state index is 11.8. The molecule has 2 aromatic rings. The Morgan fingerprint density at radius 1 is 1.47 bits per heavy atom. The summed E-state index contributed by atoms with van der Waals surface area (Å²) in [7, 11) is 0. The maximum atomic E-state index is 11.8. The molecule has 1 heterocycles. The van der Waals surface area contributed by atoms with Gasteiger partial charge in [-0.25, -0.2) is 4.79 Å². The van der Waals surface area contributed by atoms with Crippen molar-refractivity contribution in [1.29, 1.82) is 0 Å². The van der Waals surface area contributed by atoms with Gasteiger partial charge in [0.15, 0.2) is 0 Å². The normalized spacial score (nSPS) is 12.6. The molecule has 0 saturated carbocycles. The van der Waals surface area contributed by atoms with Crippen LogP contribution in [0.2, 0.25) is 0 Å². The van der Waals surface area contributed by atoms with Gasteiger partial charge in [0.2, 0.25) is 0 Å². The molecule has 0 aliphatic rings. The highest BCUT2D eigenvalue weighted by Crippen LogP contribution is 2.31. The first-order valence-electron chi connectivity index (χ1n) is 5.43. The minimum atomic E-state index is -0.508. The standard InChI is InChI=1S/C14H14O3/c1-4-9(3)12-13(15)10-7-8(2)5-6-11(10)17-14(12)16/h4-7,9,15H,1H2,2-3H3. The molecule has 3 nitrogen and oxygen atoms in total. The molecule has 0 fully saturated rings. The third kappa shape index (κ3) is 1.84. The SMILES string of the molecule is C=CC(C)c1c(O)c2cc(C)ccc2oc1=O. The Labute approximate surface area is 99.0 Å². The monoisotopic (exact) mass is 230 g/mol. The van der Waals surface area contributed by atoms with Crippen molar-refractivity contribution < 1.29 is 9.52 Å².